The van der Waals surface area contributed by atoms with Crippen molar-refractivity contribution < 1.29 is 14.0 Å². The molecule has 1 fully saturated rings. The molecular formula is C25H23FN6O2. The zero-order valence-electron chi connectivity index (χ0n) is 18.6. The number of nitrogens with one attached hydrogen (secondary N) is 1. The number of nitrogens with zero attached hydrogens (tertiary/aromatic N) is 5. The number of amides is 2. The van der Waals surface area contributed by atoms with Crippen LogP contribution in [-0.2, 0) is 21.8 Å². The molecule has 1 saturated heterocycles. The van der Waals surface area contributed by atoms with E-state index in [-0.39, 0.29) is 25.4 Å². The summed E-state index contributed by atoms with van der Waals surface area (Å²) in [4.78, 5) is 31.9. The Morgan fingerprint density at radius 3 is 2.74 bits per heavy atom. The number of hydrogen-bond acceptors (Lipinski definition) is 5. The van der Waals surface area contributed by atoms with Crippen molar-refractivity contribution in [3.63, 3.8) is 0 Å². The van der Waals surface area contributed by atoms with E-state index in [0.29, 0.717) is 5.69 Å². The second kappa shape index (κ2) is 8.66. The molecule has 0 saturated carbocycles. The molecule has 4 aromatic rings. The lowest BCUT2D eigenvalue weighted by Crippen LogP contribution is -2.58. The highest BCUT2D eigenvalue weighted by Gasteiger charge is 2.54. The Hall–Kier alpha value is -4.14. The minimum absolute atomic E-state index is 0.138. The summed E-state index contributed by atoms with van der Waals surface area (Å²) in [6.07, 6.45) is 5.21. The van der Waals surface area contributed by atoms with Crippen LogP contribution in [0.3, 0.4) is 0 Å². The molecule has 3 aromatic heterocycles. The number of aromatic nitrogens is 4. The van der Waals surface area contributed by atoms with Gasteiger partial charge in [-0.15, -0.1) is 0 Å². The first-order valence-corrected chi connectivity index (χ1v) is 11.0. The molecule has 9 heteroatoms. The van der Waals surface area contributed by atoms with E-state index in [9.17, 15) is 14.0 Å². The first-order chi connectivity index (χ1) is 16.5. The topological polar surface area (TPSA) is 93.0 Å². The maximum absolute atomic E-state index is 14.8. The highest BCUT2D eigenvalue weighted by atomic mass is 19.1. The molecule has 0 bridgehead atoms. The molecule has 2 atom stereocenters. The van der Waals surface area contributed by atoms with Crippen LogP contribution in [0, 0.1) is 0 Å². The molecule has 2 unspecified atom stereocenters. The summed E-state index contributed by atoms with van der Waals surface area (Å²) in [5.41, 5.74) is 1.71. The number of pyridine rings is 1. The normalized spacial score (nSPS) is 19.9. The zero-order valence-corrected chi connectivity index (χ0v) is 18.6. The van der Waals surface area contributed by atoms with Gasteiger partial charge in [0.2, 0.25) is 11.6 Å². The van der Waals surface area contributed by atoms with Gasteiger partial charge in [0, 0.05) is 36.7 Å². The van der Waals surface area contributed by atoms with Gasteiger partial charge in [-0.1, -0.05) is 12.1 Å². The lowest BCUT2D eigenvalue weighted by Gasteiger charge is -2.38. The zero-order chi connectivity index (χ0) is 23.7. The monoisotopic (exact) mass is 458 g/mol. The summed E-state index contributed by atoms with van der Waals surface area (Å²) in [5, 5.41) is 11.5. The second-order valence-corrected chi connectivity index (χ2v) is 8.34. The Bertz CT molecular complexity index is 1340. The maximum atomic E-state index is 14.8. The van der Waals surface area contributed by atoms with Gasteiger partial charge in [0.1, 0.15) is 6.17 Å². The van der Waals surface area contributed by atoms with Crippen molar-refractivity contribution >= 4 is 22.7 Å². The molecule has 1 N–H and O–H groups in total. The predicted octanol–water partition coefficient (Wildman–Crippen LogP) is 3.05. The molecule has 4 heterocycles. The smallest absolute Gasteiger partial charge is 0.267 e. The molecule has 1 aliphatic rings. The molecule has 0 spiro atoms. The van der Waals surface area contributed by atoms with Crippen LogP contribution in [0.15, 0.2) is 73.3 Å². The Morgan fingerprint density at radius 2 is 2.00 bits per heavy atom. The molecule has 5 rings (SSSR count). The van der Waals surface area contributed by atoms with E-state index in [2.05, 4.69) is 20.5 Å². The first-order valence-electron chi connectivity index (χ1n) is 11.0. The van der Waals surface area contributed by atoms with Crippen LogP contribution in [0.2, 0.25) is 0 Å². The van der Waals surface area contributed by atoms with Crippen LogP contribution in [0.1, 0.15) is 19.0 Å². The number of likely N-dealkylation sites (tertiary alicyclic amines) is 1. The van der Waals surface area contributed by atoms with Gasteiger partial charge >= 0.3 is 0 Å². The van der Waals surface area contributed by atoms with Crippen LogP contribution in [0.25, 0.3) is 22.0 Å². The van der Waals surface area contributed by atoms with E-state index in [1.54, 1.807) is 41.5 Å². The third-order valence-electron chi connectivity index (χ3n) is 6.24. The number of rotatable bonds is 5. The summed E-state index contributed by atoms with van der Waals surface area (Å²) >= 11 is 0. The van der Waals surface area contributed by atoms with Crippen molar-refractivity contribution in [2.24, 2.45) is 0 Å². The van der Waals surface area contributed by atoms with E-state index in [0.717, 1.165) is 22.0 Å². The Kier molecular flexibility index (Phi) is 5.53. The molecule has 8 nitrogen and oxygen atoms in total. The highest BCUT2D eigenvalue weighted by Crippen LogP contribution is 2.39. The van der Waals surface area contributed by atoms with Crippen LogP contribution in [0.4, 0.5) is 4.39 Å². The molecule has 1 aromatic carbocycles. The number of benzene rings is 1. The van der Waals surface area contributed by atoms with Gasteiger partial charge in [0.05, 0.1) is 36.7 Å². The second-order valence-electron chi connectivity index (χ2n) is 8.34. The summed E-state index contributed by atoms with van der Waals surface area (Å²) in [7, 11) is 0. The summed E-state index contributed by atoms with van der Waals surface area (Å²) in [6, 6.07) is 14.9. The van der Waals surface area contributed by atoms with Crippen molar-refractivity contribution in [2.75, 3.05) is 6.54 Å². The summed E-state index contributed by atoms with van der Waals surface area (Å²) < 4.78 is 16.5. The predicted molar refractivity (Wildman–Crippen MR) is 124 cm³/mol. The summed E-state index contributed by atoms with van der Waals surface area (Å²) in [5.74, 6) is -0.817. The highest BCUT2D eigenvalue weighted by molar-refractivity contribution is 5.93. The fourth-order valence-corrected chi connectivity index (χ4v) is 4.70. The van der Waals surface area contributed by atoms with Crippen molar-refractivity contribution in [3.05, 3.63) is 79.0 Å². The molecule has 0 aliphatic carbocycles. The Balaban J connectivity index is 1.58. The van der Waals surface area contributed by atoms with Gasteiger partial charge in [-0.25, -0.2) is 4.39 Å². The minimum atomic E-state index is -1.53. The van der Waals surface area contributed by atoms with Gasteiger partial charge in [-0.05, 0) is 42.0 Å². The van der Waals surface area contributed by atoms with Crippen LogP contribution in [0.5, 0.6) is 0 Å². The SMILES string of the molecule is CC(=O)N1CC(F)CC1(C(=O)NCc1ccccn1)n1ccc2cc(-c3ccnnc3)ccc21. The number of alkyl halides is 1. The standard InChI is InChI=1S/C25H23FN6O2/c1-17(33)32-16-21(26)13-25(32,24(34)28-15-22-4-2-3-9-27-22)31-11-8-19-12-18(5-6-23(19)31)20-7-10-29-30-14-20/h2-12,14,21H,13,15-16H2,1H3,(H,28,34). The fraction of sp³-hybridized carbons (Fsp3) is 0.240. The van der Waals surface area contributed by atoms with Gasteiger partial charge in [0.15, 0.2) is 0 Å². The molecule has 2 amide bonds. The maximum Gasteiger partial charge on any atom is 0.267 e. The average molecular weight is 458 g/mol. The van der Waals surface area contributed by atoms with Gasteiger partial charge < -0.3 is 14.8 Å². The van der Waals surface area contributed by atoms with E-state index >= 15 is 0 Å². The van der Waals surface area contributed by atoms with Crippen molar-refractivity contribution in [1.82, 2.24) is 30.0 Å². The largest absolute Gasteiger partial charge is 0.347 e. The van der Waals surface area contributed by atoms with Gasteiger partial charge in [-0.2, -0.15) is 10.2 Å². The fourth-order valence-electron chi connectivity index (χ4n) is 4.70. The van der Waals surface area contributed by atoms with Crippen molar-refractivity contribution in [2.45, 2.75) is 31.7 Å². The Labute approximate surface area is 195 Å². The number of fused-ring (bicyclic) bond motifs is 1. The van der Waals surface area contributed by atoms with Crippen LogP contribution >= 0.6 is 0 Å². The summed E-state index contributed by atoms with van der Waals surface area (Å²) in [6.45, 7) is 1.38. The number of carbonyl (C=O) groups is 2. The molecule has 172 valence electrons. The van der Waals surface area contributed by atoms with Crippen molar-refractivity contribution in [1.29, 1.82) is 0 Å². The number of halogens is 1. The van der Waals surface area contributed by atoms with Crippen LogP contribution in [-0.4, -0.2) is 49.2 Å². The molecule has 0 radical (unpaired) electrons. The van der Waals surface area contributed by atoms with E-state index in [1.165, 1.54) is 11.8 Å². The van der Waals surface area contributed by atoms with E-state index < -0.39 is 17.7 Å². The quantitative estimate of drug-likeness (QED) is 0.496. The van der Waals surface area contributed by atoms with Crippen molar-refractivity contribution in [3.8, 4) is 11.1 Å². The van der Waals surface area contributed by atoms with E-state index in [1.807, 2.05) is 36.4 Å². The lowest BCUT2D eigenvalue weighted by molar-refractivity contribution is -0.149. The van der Waals surface area contributed by atoms with E-state index in [4.69, 9.17) is 0 Å². The third-order valence-corrected chi connectivity index (χ3v) is 6.24. The molecule has 1 aliphatic heterocycles. The lowest BCUT2D eigenvalue weighted by atomic mass is 10.0. The number of carbonyl (C=O) groups excluding carboxylic acids is 2. The Morgan fingerprint density at radius 1 is 1.12 bits per heavy atom. The van der Waals surface area contributed by atoms with Gasteiger partial charge in [-0.3, -0.25) is 14.6 Å². The molecular weight excluding hydrogens is 435 g/mol. The third kappa shape index (κ3) is 3.68. The number of hydrogen-bond donors (Lipinski definition) is 1. The minimum Gasteiger partial charge on any atom is -0.347 e. The van der Waals surface area contributed by atoms with Gasteiger partial charge in [0.25, 0.3) is 5.91 Å². The van der Waals surface area contributed by atoms with Crippen LogP contribution < -0.4 is 5.32 Å². The first kappa shape index (κ1) is 21.7. The molecule has 34 heavy (non-hydrogen) atoms. The average Bonchev–Trinajstić information content (AvgIpc) is 3.45.